The zero-order valence-electron chi connectivity index (χ0n) is 9.17. The molecular formula is C10H14N2O4. The van der Waals surface area contributed by atoms with Crippen molar-refractivity contribution in [2.75, 3.05) is 13.7 Å². The second-order valence-corrected chi connectivity index (χ2v) is 3.42. The first-order chi connectivity index (χ1) is 7.60. The van der Waals surface area contributed by atoms with E-state index in [2.05, 4.69) is 4.84 Å². The Hall–Kier alpha value is -1.66. The second kappa shape index (κ2) is 5.43. The van der Waals surface area contributed by atoms with Crippen LogP contribution in [0.25, 0.3) is 0 Å². The molecule has 1 unspecified atom stereocenters. The van der Waals surface area contributed by atoms with Crippen molar-refractivity contribution in [1.82, 2.24) is 0 Å². The number of nitro benzene ring substituents is 1. The van der Waals surface area contributed by atoms with Crippen LogP contribution in [0, 0.1) is 10.1 Å². The predicted molar refractivity (Wildman–Crippen MR) is 58.2 cm³/mol. The summed E-state index contributed by atoms with van der Waals surface area (Å²) in [6.07, 6.45) is 0. The van der Waals surface area contributed by atoms with Crippen molar-refractivity contribution >= 4 is 5.69 Å². The largest absolute Gasteiger partial charge is 0.496 e. The Kier molecular flexibility index (Phi) is 4.21. The van der Waals surface area contributed by atoms with Crippen LogP contribution in [0.4, 0.5) is 5.69 Å². The highest BCUT2D eigenvalue weighted by atomic mass is 16.6. The highest BCUT2D eigenvalue weighted by Gasteiger charge is 2.16. The minimum atomic E-state index is -0.445. The normalized spacial score (nSPS) is 12.2. The van der Waals surface area contributed by atoms with E-state index in [4.69, 9.17) is 10.6 Å². The summed E-state index contributed by atoms with van der Waals surface area (Å²) in [5, 5.41) is 10.6. The maximum atomic E-state index is 10.6. The van der Waals surface area contributed by atoms with Gasteiger partial charge in [-0.3, -0.25) is 10.1 Å². The molecule has 0 saturated heterocycles. The third-order valence-corrected chi connectivity index (χ3v) is 2.30. The summed E-state index contributed by atoms with van der Waals surface area (Å²) in [4.78, 5) is 14.7. The Bertz CT molecular complexity index is 381. The van der Waals surface area contributed by atoms with E-state index in [0.29, 0.717) is 11.3 Å². The van der Waals surface area contributed by atoms with Crippen LogP contribution in [0.3, 0.4) is 0 Å². The van der Waals surface area contributed by atoms with Gasteiger partial charge in [-0.15, -0.1) is 0 Å². The molecule has 0 saturated carbocycles. The molecule has 2 N–H and O–H groups in total. The smallest absolute Gasteiger partial charge is 0.269 e. The summed E-state index contributed by atoms with van der Waals surface area (Å²) in [5.41, 5.74) is 0.738. The van der Waals surface area contributed by atoms with Crippen LogP contribution in [-0.4, -0.2) is 18.6 Å². The van der Waals surface area contributed by atoms with Crippen LogP contribution < -0.4 is 10.6 Å². The third-order valence-electron chi connectivity index (χ3n) is 2.30. The number of nitro groups is 1. The van der Waals surface area contributed by atoms with E-state index in [0.717, 1.165) is 0 Å². The molecule has 0 heterocycles. The molecule has 0 radical (unpaired) electrons. The zero-order valence-corrected chi connectivity index (χ0v) is 9.17. The van der Waals surface area contributed by atoms with E-state index in [9.17, 15) is 10.1 Å². The number of benzene rings is 1. The number of nitrogens with zero attached hydrogens (tertiary/aromatic N) is 1. The van der Waals surface area contributed by atoms with Gasteiger partial charge in [0.05, 0.1) is 18.6 Å². The lowest BCUT2D eigenvalue weighted by Gasteiger charge is -2.13. The zero-order chi connectivity index (χ0) is 12.1. The van der Waals surface area contributed by atoms with E-state index in [1.54, 1.807) is 6.07 Å². The molecule has 1 atom stereocenters. The van der Waals surface area contributed by atoms with E-state index in [1.165, 1.54) is 19.2 Å². The number of nitrogens with two attached hydrogens (primary N) is 1. The lowest BCUT2D eigenvalue weighted by Crippen LogP contribution is -2.09. The predicted octanol–water partition coefficient (Wildman–Crippen LogP) is 1.60. The van der Waals surface area contributed by atoms with E-state index >= 15 is 0 Å². The van der Waals surface area contributed by atoms with Gasteiger partial charge >= 0.3 is 0 Å². The fourth-order valence-corrected chi connectivity index (χ4v) is 1.45. The van der Waals surface area contributed by atoms with Crippen LogP contribution in [-0.2, 0) is 4.84 Å². The van der Waals surface area contributed by atoms with Gasteiger partial charge in [-0.05, 0) is 6.07 Å². The number of rotatable bonds is 5. The molecule has 0 amide bonds. The topological polar surface area (TPSA) is 87.6 Å². The standard InChI is InChI=1S/C10H14N2O4/c1-7(6-16-11)9-5-8(12(13)14)3-4-10(9)15-2/h3-5,7H,6,11H2,1-2H3. The molecule has 6 heteroatoms. The molecular weight excluding hydrogens is 212 g/mol. The van der Waals surface area contributed by atoms with Crippen molar-refractivity contribution in [3.8, 4) is 5.75 Å². The molecule has 88 valence electrons. The Morgan fingerprint density at radius 3 is 2.75 bits per heavy atom. The monoisotopic (exact) mass is 226 g/mol. The van der Waals surface area contributed by atoms with Gasteiger partial charge in [-0.1, -0.05) is 6.92 Å². The molecule has 0 spiro atoms. The van der Waals surface area contributed by atoms with Crippen LogP contribution in [0.5, 0.6) is 5.75 Å². The summed E-state index contributed by atoms with van der Waals surface area (Å²) < 4.78 is 5.13. The highest BCUT2D eigenvalue weighted by Crippen LogP contribution is 2.30. The van der Waals surface area contributed by atoms with Crippen molar-refractivity contribution in [2.45, 2.75) is 12.8 Å². The van der Waals surface area contributed by atoms with Crippen molar-refractivity contribution < 1.29 is 14.5 Å². The summed E-state index contributed by atoms with van der Waals surface area (Å²) in [6, 6.07) is 4.45. The Balaban J connectivity index is 3.11. The van der Waals surface area contributed by atoms with Crippen molar-refractivity contribution in [3.63, 3.8) is 0 Å². The molecule has 0 aromatic heterocycles. The van der Waals surface area contributed by atoms with Crippen LogP contribution >= 0.6 is 0 Å². The van der Waals surface area contributed by atoms with Crippen molar-refractivity contribution in [3.05, 3.63) is 33.9 Å². The van der Waals surface area contributed by atoms with E-state index in [-0.39, 0.29) is 18.2 Å². The number of hydrogen-bond donors (Lipinski definition) is 1. The van der Waals surface area contributed by atoms with E-state index < -0.39 is 4.92 Å². The molecule has 6 nitrogen and oxygen atoms in total. The number of hydrogen-bond acceptors (Lipinski definition) is 5. The molecule has 0 fully saturated rings. The Morgan fingerprint density at radius 2 is 2.25 bits per heavy atom. The van der Waals surface area contributed by atoms with Crippen LogP contribution in [0.1, 0.15) is 18.4 Å². The fraction of sp³-hybridized carbons (Fsp3) is 0.400. The molecule has 16 heavy (non-hydrogen) atoms. The minimum absolute atomic E-state index is 0.0275. The molecule has 0 bridgehead atoms. The maximum Gasteiger partial charge on any atom is 0.269 e. The Morgan fingerprint density at radius 1 is 1.56 bits per heavy atom. The lowest BCUT2D eigenvalue weighted by atomic mass is 10.0. The van der Waals surface area contributed by atoms with Gasteiger partial charge in [0, 0.05) is 23.6 Å². The van der Waals surface area contributed by atoms with Gasteiger partial charge in [0.1, 0.15) is 5.75 Å². The van der Waals surface area contributed by atoms with Crippen LogP contribution in [0.2, 0.25) is 0 Å². The molecule has 0 aliphatic heterocycles. The molecule has 1 aromatic carbocycles. The second-order valence-electron chi connectivity index (χ2n) is 3.42. The van der Waals surface area contributed by atoms with Crippen LogP contribution in [0.15, 0.2) is 18.2 Å². The van der Waals surface area contributed by atoms with Gasteiger partial charge in [-0.25, -0.2) is 5.90 Å². The average Bonchev–Trinajstić information content (AvgIpc) is 2.28. The summed E-state index contributed by atoms with van der Waals surface area (Å²) in [5.74, 6) is 5.50. The van der Waals surface area contributed by atoms with Crippen molar-refractivity contribution in [2.24, 2.45) is 5.90 Å². The number of non-ortho nitro benzene ring substituents is 1. The first-order valence-electron chi connectivity index (χ1n) is 4.74. The molecule has 0 aliphatic carbocycles. The Labute approximate surface area is 93.1 Å². The first kappa shape index (κ1) is 12.4. The maximum absolute atomic E-state index is 10.6. The summed E-state index contributed by atoms with van der Waals surface area (Å²) >= 11 is 0. The fourth-order valence-electron chi connectivity index (χ4n) is 1.45. The SMILES string of the molecule is COc1ccc([N+](=O)[O-])cc1C(C)CON. The summed E-state index contributed by atoms with van der Waals surface area (Å²) in [6.45, 7) is 2.13. The highest BCUT2D eigenvalue weighted by molar-refractivity contribution is 5.45. The summed E-state index contributed by atoms with van der Waals surface area (Å²) in [7, 11) is 1.51. The van der Waals surface area contributed by atoms with Gasteiger partial charge in [0.15, 0.2) is 0 Å². The average molecular weight is 226 g/mol. The lowest BCUT2D eigenvalue weighted by molar-refractivity contribution is -0.385. The number of ether oxygens (including phenoxy) is 1. The minimum Gasteiger partial charge on any atom is -0.496 e. The van der Waals surface area contributed by atoms with Crippen molar-refractivity contribution in [1.29, 1.82) is 0 Å². The third kappa shape index (κ3) is 2.68. The van der Waals surface area contributed by atoms with E-state index in [1.807, 2.05) is 6.92 Å². The molecule has 1 rings (SSSR count). The van der Waals surface area contributed by atoms with Gasteiger partial charge in [-0.2, -0.15) is 0 Å². The molecule has 0 aliphatic rings. The molecule has 1 aromatic rings. The van der Waals surface area contributed by atoms with Gasteiger partial charge in [0.25, 0.3) is 5.69 Å². The van der Waals surface area contributed by atoms with Gasteiger partial charge in [0.2, 0.25) is 0 Å². The first-order valence-corrected chi connectivity index (χ1v) is 4.74. The quantitative estimate of drug-likeness (QED) is 0.608. The number of methoxy groups -OCH3 is 1. The van der Waals surface area contributed by atoms with Gasteiger partial charge < -0.3 is 9.57 Å².